The summed E-state index contributed by atoms with van der Waals surface area (Å²) < 4.78 is 11.2. The molecule has 1 saturated heterocycles. The fraction of sp³-hybridized carbons (Fsp3) is 0.200. The molecule has 2 aromatic carbocycles. The Labute approximate surface area is 207 Å². The van der Waals surface area contributed by atoms with E-state index in [-0.39, 0.29) is 11.8 Å². The summed E-state index contributed by atoms with van der Waals surface area (Å²) in [5.74, 6) is 2.07. The monoisotopic (exact) mass is 500 g/mol. The van der Waals surface area contributed by atoms with Crippen LogP contribution in [-0.4, -0.2) is 29.6 Å². The first-order valence-corrected chi connectivity index (χ1v) is 11.9. The van der Waals surface area contributed by atoms with Crippen LogP contribution in [0.1, 0.15) is 19.6 Å². The van der Waals surface area contributed by atoms with Crippen molar-refractivity contribution in [3.63, 3.8) is 0 Å². The van der Waals surface area contributed by atoms with Crippen molar-refractivity contribution in [3.05, 3.63) is 75.3 Å². The van der Waals surface area contributed by atoms with Crippen LogP contribution in [0.5, 0.6) is 5.75 Å². The van der Waals surface area contributed by atoms with Crippen LogP contribution in [0.25, 0.3) is 17.4 Å². The molecular weight excluding hydrogens is 479 g/mol. The number of carbonyl (C=O) groups is 1. The average molecular weight is 501 g/mol. The molecule has 0 N–H and O–H groups in total. The number of hydrogen-bond donors (Lipinski definition) is 0. The zero-order valence-corrected chi connectivity index (χ0v) is 20.7. The lowest BCUT2D eigenvalue weighted by atomic mass is 10.2. The molecule has 1 aliphatic rings. The highest BCUT2D eigenvalue weighted by atomic mass is 35.5. The van der Waals surface area contributed by atoms with Crippen molar-refractivity contribution < 1.29 is 13.9 Å². The Kier molecular flexibility index (Phi) is 7.17. The van der Waals surface area contributed by atoms with Crippen molar-refractivity contribution in [1.82, 2.24) is 4.90 Å². The lowest BCUT2D eigenvalue weighted by molar-refractivity contribution is -0.122. The number of carbonyl (C=O) groups excluding carboxylic acids is 1. The lowest BCUT2D eigenvalue weighted by Gasteiger charge is -2.17. The van der Waals surface area contributed by atoms with Crippen molar-refractivity contribution in [2.24, 2.45) is 10.9 Å². The van der Waals surface area contributed by atoms with E-state index in [9.17, 15) is 4.79 Å². The fourth-order valence-corrected chi connectivity index (χ4v) is 4.65. The van der Waals surface area contributed by atoms with Gasteiger partial charge in [-0.15, -0.1) is 0 Å². The third-order valence-corrected chi connectivity index (χ3v) is 6.40. The molecule has 33 heavy (non-hydrogen) atoms. The normalized spacial score (nSPS) is 16.4. The SMILES string of the molecule is COc1ccc(N=C2S/C(=C\c3ccc(-c4cc(Cl)ccc4Cl)o3)C(=O)N2CC(C)C)cc1. The van der Waals surface area contributed by atoms with Gasteiger partial charge < -0.3 is 9.15 Å². The van der Waals surface area contributed by atoms with E-state index in [1.165, 1.54) is 11.8 Å². The maximum atomic E-state index is 13.2. The molecule has 1 aliphatic heterocycles. The molecular formula is C25H22Cl2N2O3S. The van der Waals surface area contributed by atoms with E-state index in [0.717, 1.165) is 11.4 Å². The molecule has 2 heterocycles. The molecule has 1 amide bonds. The quantitative estimate of drug-likeness (QED) is 0.328. The van der Waals surface area contributed by atoms with Crippen molar-refractivity contribution in [1.29, 1.82) is 0 Å². The second kappa shape index (κ2) is 10.1. The molecule has 0 radical (unpaired) electrons. The van der Waals surface area contributed by atoms with E-state index >= 15 is 0 Å². The predicted octanol–water partition coefficient (Wildman–Crippen LogP) is 7.52. The number of thioether (sulfide) groups is 1. The minimum atomic E-state index is -0.0975. The summed E-state index contributed by atoms with van der Waals surface area (Å²) in [6.07, 6.45) is 1.73. The number of hydrogen-bond acceptors (Lipinski definition) is 5. The second-order valence-corrected chi connectivity index (χ2v) is 9.69. The Hall–Kier alpha value is -2.67. The number of benzene rings is 2. The van der Waals surface area contributed by atoms with Gasteiger partial charge in [-0.1, -0.05) is 37.0 Å². The summed E-state index contributed by atoms with van der Waals surface area (Å²) in [5, 5.41) is 1.74. The standard InChI is InChI=1S/C25H22Cl2N2O3S/c1-15(2)14-29-24(30)23(33-25(29)28-17-5-7-18(31-3)8-6-17)13-19-9-11-22(32-19)20-12-16(26)4-10-21(20)27/h4-13,15H,14H2,1-3H3/b23-13-,28-25?. The van der Waals surface area contributed by atoms with E-state index in [2.05, 4.69) is 13.8 Å². The Morgan fingerprint density at radius 2 is 1.88 bits per heavy atom. The molecule has 8 heteroatoms. The highest BCUT2D eigenvalue weighted by molar-refractivity contribution is 8.18. The largest absolute Gasteiger partial charge is 0.497 e. The van der Waals surface area contributed by atoms with Crippen molar-refractivity contribution in [2.45, 2.75) is 13.8 Å². The van der Waals surface area contributed by atoms with Gasteiger partial charge in [-0.25, -0.2) is 4.99 Å². The minimum absolute atomic E-state index is 0.0975. The van der Waals surface area contributed by atoms with Gasteiger partial charge in [0, 0.05) is 23.2 Å². The van der Waals surface area contributed by atoms with Gasteiger partial charge in [-0.2, -0.15) is 0 Å². The van der Waals surface area contributed by atoms with Gasteiger partial charge in [0.15, 0.2) is 5.17 Å². The van der Waals surface area contributed by atoms with Crippen LogP contribution in [0.3, 0.4) is 0 Å². The summed E-state index contributed by atoms with van der Waals surface area (Å²) in [6, 6.07) is 16.2. The average Bonchev–Trinajstić information content (AvgIpc) is 3.36. The van der Waals surface area contributed by atoms with Gasteiger partial charge >= 0.3 is 0 Å². The second-order valence-electron chi connectivity index (χ2n) is 7.84. The Morgan fingerprint density at radius 1 is 1.12 bits per heavy atom. The van der Waals surface area contributed by atoms with E-state index in [4.69, 9.17) is 37.3 Å². The first kappa shape index (κ1) is 23.5. The number of halogens is 2. The van der Waals surface area contributed by atoms with Crippen LogP contribution < -0.4 is 4.74 Å². The molecule has 0 aliphatic carbocycles. The van der Waals surface area contributed by atoms with Crippen LogP contribution in [0, 0.1) is 5.92 Å². The molecule has 3 aromatic rings. The number of rotatable bonds is 6. The summed E-state index contributed by atoms with van der Waals surface area (Å²) >= 11 is 13.7. The number of ether oxygens (including phenoxy) is 1. The van der Waals surface area contributed by atoms with Crippen LogP contribution in [-0.2, 0) is 4.79 Å². The third-order valence-electron chi connectivity index (χ3n) is 4.83. The zero-order valence-electron chi connectivity index (χ0n) is 18.3. The first-order valence-electron chi connectivity index (χ1n) is 10.3. The number of methoxy groups -OCH3 is 1. The molecule has 4 rings (SSSR count). The van der Waals surface area contributed by atoms with Gasteiger partial charge in [-0.05, 0) is 72.3 Å². The molecule has 1 aromatic heterocycles. The molecule has 1 fully saturated rings. The fourth-order valence-electron chi connectivity index (χ4n) is 3.28. The molecule has 0 unspecified atom stereocenters. The van der Waals surface area contributed by atoms with E-state index in [0.29, 0.717) is 43.7 Å². The summed E-state index contributed by atoms with van der Waals surface area (Å²) in [6.45, 7) is 4.70. The molecule has 5 nitrogen and oxygen atoms in total. The molecule has 0 spiro atoms. The summed E-state index contributed by atoms with van der Waals surface area (Å²) in [4.78, 5) is 20.1. The number of aliphatic imine (C=N–C) groups is 1. The third kappa shape index (κ3) is 5.46. The summed E-state index contributed by atoms with van der Waals surface area (Å²) in [7, 11) is 1.62. The van der Waals surface area contributed by atoms with Crippen LogP contribution in [0.2, 0.25) is 10.0 Å². The number of amidine groups is 1. The molecule has 170 valence electrons. The maximum Gasteiger partial charge on any atom is 0.266 e. The lowest BCUT2D eigenvalue weighted by Crippen LogP contribution is -2.32. The number of nitrogens with zero attached hydrogens (tertiary/aromatic N) is 2. The first-order chi connectivity index (χ1) is 15.8. The van der Waals surface area contributed by atoms with E-state index < -0.39 is 0 Å². The van der Waals surface area contributed by atoms with Crippen molar-refractivity contribution in [2.75, 3.05) is 13.7 Å². The van der Waals surface area contributed by atoms with Crippen molar-refractivity contribution in [3.8, 4) is 17.1 Å². The van der Waals surface area contributed by atoms with Crippen LogP contribution in [0.15, 0.2) is 68.9 Å². The highest BCUT2D eigenvalue weighted by Crippen LogP contribution is 2.37. The predicted molar refractivity (Wildman–Crippen MR) is 136 cm³/mol. The number of furan rings is 1. The molecule has 0 bridgehead atoms. The van der Waals surface area contributed by atoms with Gasteiger partial charge in [-0.3, -0.25) is 9.69 Å². The summed E-state index contributed by atoms with van der Waals surface area (Å²) in [5.41, 5.74) is 1.44. The van der Waals surface area contributed by atoms with Gasteiger partial charge in [0.05, 0.1) is 22.7 Å². The van der Waals surface area contributed by atoms with Crippen LogP contribution >= 0.6 is 35.0 Å². The Morgan fingerprint density at radius 3 is 2.58 bits per heavy atom. The van der Waals surface area contributed by atoms with E-state index in [1.807, 2.05) is 30.3 Å². The highest BCUT2D eigenvalue weighted by Gasteiger charge is 2.34. The van der Waals surface area contributed by atoms with Gasteiger partial charge in [0.1, 0.15) is 17.3 Å². The van der Waals surface area contributed by atoms with Crippen LogP contribution in [0.4, 0.5) is 5.69 Å². The van der Waals surface area contributed by atoms with Gasteiger partial charge in [0.25, 0.3) is 5.91 Å². The Balaban J connectivity index is 1.64. The molecule has 0 saturated carbocycles. The molecule has 0 atom stereocenters. The zero-order chi connectivity index (χ0) is 23.5. The van der Waals surface area contributed by atoms with E-state index in [1.54, 1.807) is 42.4 Å². The minimum Gasteiger partial charge on any atom is -0.497 e. The smallest absolute Gasteiger partial charge is 0.266 e. The van der Waals surface area contributed by atoms with Gasteiger partial charge in [0.2, 0.25) is 0 Å². The number of amides is 1. The maximum absolute atomic E-state index is 13.2. The van der Waals surface area contributed by atoms with Crippen molar-refractivity contribution >= 4 is 57.8 Å². The topological polar surface area (TPSA) is 55.0 Å². The Bertz CT molecular complexity index is 1230.